The summed E-state index contributed by atoms with van der Waals surface area (Å²) in [5.74, 6) is 0.0561. The van der Waals surface area contributed by atoms with E-state index in [0.717, 1.165) is 11.3 Å². The summed E-state index contributed by atoms with van der Waals surface area (Å²) in [5.41, 5.74) is 0. The molecule has 6 nitrogen and oxygen atoms in total. The maximum atomic E-state index is 12.4. The van der Waals surface area contributed by atoms with Crippen molar-refractivity contribution in [3.63, 3.8) is 0 Å². The van der Waals surface area contributed by atoms with Gasteiger partial charge in [-0.25, -0.2) is 8.42 Å². The first kappa shape index (κ1) is 19.7. The summed E-state index contributed by atoms with van der Waals surface area (Å²) in [6.45, 7) is 2.14. The van der Waals surface area contributed by atoms with E-state index >= 15 is 0 Å². The smallest absolute Gasteiger partial charge is 0.252 e. The first-order chi connectivity index (χ1) is 9.95. The summed E-state index contributed by atoms with van der Waals surface area (Å²) >= 11 is 6.85. The third kappa shape index (κ3) is 4.56. The van der Waals surface area contributed by atoms with Crippen molar-refractivity contribution >= 4 is 51.3 Å². The van der Waals surface area contributed by atoms with Gasteiger partial charge in [-0.15, -0.1) is 23.7 Å². The summed E-state index contributed by atoms with van der Waals surface area (Å²) in [7, 11) is -1.69. The number of hydrogen-bond donors (Lipinski definition) is 1. The van der Waals surface area contributed by atoms with Gasteiger partial charge in [-0.3, -0.25) is 4.79 Å². The van der Waals surface area contributed by atoms with E-state index in [1.165, 1.54) is 10.4 Å². The Hall–Kier alpha value is -0.380. The van der Waals surface area contributed by atoms with Crippen LogP contribution in [0.15, 0.2) is 16.3 Å². The van der Waals surface area contributed by atoms with E-state index in [1.54, 1.807) is 18.0 Å². The number of hydrogen-bond acceptors (Lipinski definition) is 5. The quantitative estimate of drug-likeness (QED) is 0.825. The maximum absolute atomic E-state index is 12.4. The minimum absolute atomic E-state index is 0. The Morgan fingerprint density at radius 3 is 2.45 bits per heavy atom. The Morgan fingerprint density at radius 2 is 1.95 bits per heavy atom. The number of piperazine rings is 1. The van der Waals surface area contributed by atoms with Crippen molar-refractivity contribution in [3.8, 4) is 0 Å². The summed E-state index contributed by atoms with van der Waals surface area (Å²) in [6, 6.07) is 3.10. The van der Waals surface area contributed by atoms with E-state index in [0.29, 0.717) is 43.5 Å². The molecule has 1 aromatic rings. The Kier molecular flexibility index (Phi) is 7.57. The fourth-order valence-corrected chi connectivity index (χ4v) is 5.19. The summed E-state index contributed by atoms with van der Waals surface area (Å²) in [4.78, 5) is 13.6. The Balaban J connectivity index is 0.00000242. The number of sulfonamides is 1. The van der Waals surface area contributed by atoms with Crippen molar-refractivity contribution in [2.75, 3.05) is 39.8 Å². The highest BCUT2D eigenvalue weighted by Crippen LogP contribution is 2.28. The molecule has 1 saturated heterocycles. The maximum Gasteiger partial charge on any atom is 0.252 e. The van der Waals surface area contributed by atoms with Crippen LogP contribution in [0.1, 0.15) is 6.42 Å². The zero-order valence-corrected chi connectivity index (χ0v) is 15.3. The predicted molar refractivity (Wildman–Crippen MR) is 90.5 cm³/mol. The molecule has 1 aliphatic heterocycles. The van der Waals surface area contributed by atoms with Gasteiger partial charge in [0.05, 0.1) is 4.34 Å². The average Bonchev–Trinajstić information content (AvgIpc) is 2.92. The molecule has 0 radical (unpaired) electrons. The predicted octanol–water partition coefficient (Wildman–Crippen LogP) is 1.27. The van der Waals surface area contributed by atoms with Crippen LogP contribution in [0.4, 0.5) is 0 Å². The SMILES string of the molecule is CNCCC(=O)N1CCN(S(=O)(=O)c2ccc(Cl)s2)CC1.Cl. The van der Waals surface area contributed by atoms with Crippen molar-refractivity contribution < 1.29 is 13.2 Å². The van der Waals surface area contributed by atoms with Gasteiger partial charge in [0.15, 0.2) is 0 Å². The zero-order valence-electron chi connectivity index (χ0n) is 12.1. The molecule has 10 heteroatoms. The first-order valence-electron chi connectivity index (χ1n) is 6.63. The summed E-state index contributed by atoms with van der Waals surface area (Å²) < 4.78 is 26.9. The molecule has 22 heavy (non-hydrogen) atoms. The molecule has 2 heterocycles. The second-order valence-corrected chi connectivity index (χ2v) is 8.58. The number of carbonyl (C=O) groups is 1. The molecular weight excluding hydrogens is 369 g/mol. The van der Waals surface area contributed by atoms with E-state index in [4.69, 9.17) is 11.6 Å². The van der Waals surface area contributed by atoms with Crippen LogP contribution < -0.4 is 5.32 Å². The molecule has 0 spiro atoms. The normalized spacial score (nSPS) is 16.4. The van der Waals surface area contributed by atoms with E-state index in [2.05, 4.69) is 5.32 Å². The molecule has 0 bridgehead atoms. The molecule has 0 unspecified atom stereocenters. The highest BCUT2D eigenvalue weighted by molar-refractivity contribution is 7.91. The topological polar surface area (TPSA) is 69.7 Å². The summed E-state index contributed by atoms with van der Waals surface area (Å²) in [5, 5.41) is 2.93. The largest absolute Gasteiger partial charge is 0.340 e. The zero-order chi connectivity index (χ0) is 15.5. The molecule has 0 aliphatic carbocycles. The fraction of sp³-hybridized carbons (Fsp3) is 0.583. The van der Waals surface area contributed by atoms with Crippen molar-refractivity contribution in [1.82, 2.24) is 14.5 Å². The van der Waals surface area contributed by atoms with Gasteiger partial charge in [-0.2, -0.15) is 4.31 Å². The highest BCUT2D eigenvalue weighted by Gasteiger charge is 2.30. The number of nitrogens with one attached hydrogen (secondary N) is 1. The molecule has 1 N–H and O–H groups in total. The van der Waals surface area contributed by atoms with Crippen molar-refractivity contribution in [2.24, 2.45) is 0 Å². The number of thiophene rings is 1. The number of halogens is 2. The van der Waals surface area contributed by atoms with E-state index in [-0.39, 0.29) is 22.5 Å². The highest BCUT2D eigenvalue weighted by atomic mass is 35.5. The number of rotatable bonds is 5. The van der Waals surface area contributed by atoms with Crippen LogP contribution in [0.5, 0.6) is 0 Å². The molecule has 2 rings (SSSR count). The van der Waals surface area contributed by atoms with Gasteiger partial charge < -0.3 is 10.2 Å². The molecule has 1 aromatic heterocycles. The molecule has 0 atom stereocenters. The Labute approximate surface area is 145 Å². The van der Waals surface area contributed by atoms with Crippen LogP contribution in [-0.2, 0) is 14.8 Å². The Bertz CT molecular complexity index is 599. The lowest BCUT2D eigenvalue weighted by molar-refractivity contribution is -0.132. The van der Waals surface area contributed by atoms with Gasteiger partial charge in [0.25, 0.3) is 10.0 Å². The monoisotopic (exact) mass is 387 g/mol. The van der Waals surface area contributed by atoms with Crippen molar-refractivity contribution in [3.05, 3.63) is 16.5 Å². The third-order valence-electron chi connectivity index (χ3n) is 3.32. The molecule has 0 saturated carbocycles. The van der Waals surface area contributed by atoms with Gasteiger partial charge in [0.1, 0.15) is 4.21 Å². The number of amides is 1. The molecule has 126 valence electrons. The van der Waals surface area contributed by atoms with Crippen LogP contribution in [-0.4, -0.2) is 63.3 Å². The minimum atomic E-state index is -3.49. The van der Waals surface area contributed by atoms with Crippen LogP contribution >= 0.6 is 35.3 Å². The average molecular weight is 388 g/mol. The molecular formula is C12H19Cl2N3O3S2. The second kappa shape index (κ2) is 8.47. The molecule has 0 aromatic carbocycles. The number of carbonyl (C=O) groups excluding carboxylic acids is 1. The van der Waals surface area contributed by atoms with Gasteiger partial charge in [-0.1, -0.05) is 11.6 Å². The van der Waals surface area contributed by atoms with Gasteiger partial charge in [0.2, 0.25) is 5.91 Å². The van der Waals surface area contributed by atoms with E-state index in [1.807, 2.05) is 0 Å². The van der Waals surface area contributed by atoms with Crippen molar-refractivity contribution in [2.45, 2.75) is 10.6 Å². The van der Waals surface area contributed by atoms with E-state index in [9.17, 15) is 13.2 Å². The molecule has 1 amide bonds. The Morgan fingerprint density at radius 1 is 1.32 bits per heavy atom. The second-order valence-electron chi connectivity index (χ2n) is 4.70. The van der Waals surface area contributed by atoms with Crippen LogP contribution in [0.3, 0.4) is 0 Å². The van der Waals surface area contributed by atoms with Gasteiger partial charge in [-0.05, 0) is 19.2 Å². The first-order valence-corrected chi connectivity index (χ1v) is 9.26. The van der Waals surface area contributed by atoms with Crippen molar-refractivity contribution in [1.29, 1.82) is 0 Å². The standard InChI is InChI=1S/C12H18ClN3O3S2.ClH/c1-14-5-4-11(17)15-6-8-16(9-7-15)21(18,19)12-3-2-10(13)20-12;/h2-3,14H,4-9H2,1H3;1H. The lowest BCUT2D eigenvalue weighted by atomic mass is 10.3. The van der Waals surface area contributed by atoms with E-state index < -0.39 is 10.0 Å². The van der Waals surface area contributed by atoms with Gasteiger partial charge in [0, 0.05) is 39.1 Å². The molecule has 1 aliphatic rings. The molecule has 1 fully saturated rings. The number of nitrogens with zero attached hydrogens (tertiary/aromatic N) is 2. The van der Waals surface area contributed by atoms with Crippen LogP contribution in [0, 0.1) is 0 Å². The summed E-state index contributed by atoms with van der Waals surface area (Å²) in [6.07, 6.45) is 0.434. The van der Waals surface area contributed by atoms with Gasteiger partial charge >= 0.3 is 0 Å². The fourth-order valence-electron chi connectivity index (χ4n) is 2.13. The lowest BCUT2D eigenvalue weighted by Crippen LogP contribution is -2.50. The third-order valence-corrected chi connectivity index (χ3v) is 6.92. The minimum Gasteiger partial charge on any atom is -0.340 e. The lowest BCUT2D eigenvalue weighted by Gasteiger charge is -2.33. The van der Waals surface area contributed by atoms with Crippen LogP contribution in [0.25, 0.3) is 0 Å². The van der Waals surface area contributed by atoms with Crippen LogP contribution in [0.2, 0.25) is 4.34 Å².